The summed E-state index contributed by atoms with van der Waals surface area (Å²) < 4.78 is 3.59. The second-order valence-corrected chi connectivity index (χ2v) is 7.21. The molecule has 4 aromatic rings. The molecule has 0 radical (unpaired) electrons. The van der Waals surface area contributed by atoms with Crippen LogP contribution in [0.25, 0.3) is 0 Å². The fourth-order valence-electron chi connectivity index (χ4n) is 1.68. The quantitative estimate of drug-likeness (QED) is 0.0956. The van der Waals surface area contributed by atoms with Gasteiger partial charge in [0.05, 0.1) is 0 Å². The molecule has 4 aromatic heterocycles. The van der Waals surface area contributed by atoms with E-state index in [1.807, 2.05) is 0 Å². The summed E-state index contributed by atoms with van der Waals surface area (Å²) in [5.74, 6) is 0. The Bertz CT molecular complexity index is 859. The number of hydrogen-bond donors (Lipinski definition) is 4. The van der Waals surface area contributed by atoms with Crippen LogP contribution >= 0.6 is 0 Å². The van der Waals surface area contributed by atoms with E-state index in [0.29, 0.717) is 20.1 Å². The van der Waals surface area contributed by atoms with E-state index in [1.165, 1.54) is 24.8 Å². The molecule has 0 saturated heterocycles. The summed E-state index contributed by atoms with van der Waals surface area (Å²) in [7, 11) is 0. The summed E-state index contributed by atoms with van der Waals surface area (Å²) in [6.45, 7) is 0. The maximum Gasteiger partial charge on any atom is 0.220 e. The molecule has 4 rings (SSSR count). The van der Waals surface area contributed by atoms with Crippen LogP contribution in [-0.4, -0.2) is 20.8 Å². The van der Waals surface area contributed by atoms with Crippen LogP contribution in [0, 0.1) is 0 Å². The first-order valence-electron chi connectivity index (χ1n) is 8.70. The summed E-state index contributed by atoms with van der Waals surface area (Å²) in [6.07, 6.45) is 5.95. The zero-order valence-corrected chi connectivity index (χ0v) is 27.1. The van der Waals surface area contributed by atoms with Crippen LogP contribution in [-0.2, 0) is 89.5 Å². The Labute approximate surface area is 245 Å². The predicted molar refractivity (Wildman–Crippen MR) is 118 cm³/mol. The molecule has 0 aromatic carbocycles. The first-order valence-corrected chi connectivity index (χ1v) is 10.3. The van der Waals surface area contributed by atoms with Gasteiger partial charge in [-0.15, -0.1) is 0 Å². The molecular weight excluding hydrogens is 619 g/mol. The maximum atomic E-state index is 8.73. The van der Waals surface area contributed by atoms with Gasteiger partial charge in [-0.1, -0.05) is 24.3 Å². The van der Waals surface area contributed by atoms with Gasteiger partial charge in [-0.25, -0.2) is 0 Å². The molecule has 0 atom stereocenters. The van der Waals surface area contributed by atoms with Gasteiger partial charge in [0.1, 0.15) is 20.1 Å². The van der Waals surface area contributed by atoms with Gasteiger partial charge in [0.25, 0.3) is 0 Å². The molecule has 0 saturated carbocycles. The topological polar surface area (TPSA) is 96.4 Å². The molecule has 34 heavy (non-hydrogen) atoms. The van der Waals surface area contributed by atoms with Crippen molar-refractivity contribution in [1.29, 1.82) is 0 Å². The Balaban J connectivity index is 0. The van der Waals surface area contributed by atoms with E-state index in [4.69, 9.17) is 20.8 Å². The molecule has 0 aliphatic heterocycles. The average molecular weight is 639 g/mol. The van der Waals surface area contributed by atoms with E-state index in [1.54, 1.807) is 72.8 Å². The Morgan fingerprint density at radius 3 is 0.647 bits per heavy atom. The number of rotatable bonds is 0. The van der Waals surface area contributed by atoms with E-state index in [9.17, 15) is 0 Å². The van der Waals surface area contributed by atoms with Crippen molar-refractivity contribution in [2.45, 2.75) is 20.1 Å². The Hall–Kier alpha value is -2.07. The van der Waals surface area contributed by atoms with Crippen LogP contribution in [0.4, 0.5) is 0 Å². The summed E-state index contributed by atoms with van der Waals surface area (Å²) >= 11 is 18.7. The zero-order chi connectivity index (χ0) is 23.9. The van der Waals surface area contributed by atoms with Gasteiger partial charge in [0, 0.05) is 63.2 Å². The fourth-order valence-corrected chi connectivity index (χ4v) is 2.23. The van der Waals surface area contributed by atoms with Crippen LogP contribution in [0.5, 0.6) is 0 Å². The van der Waals surface area contributed by atoms with Gasteiger partial charge < -0.3 is 50.5 Å². The Kier molecular flexibility index (Phi) is 19.3. The first kappa shape index (κ1) is 34.1. The fraction of sp³-hybridized carbons (Fsp3) is 0. The molecule has 0 aliphatic rings. The van der Waals surface area contributed by atoms with E-state index in [-0.39, 0.29) is 39.0 Å². The minimum Gasteiger partial charge on any atom is -0.705 e. The van der Waals surface area contributed by atoms with Gasteiger partial charge in [0.2, 0.25) is 24.8 Å². The van der Waals surface area contributed by atoms with Gasteiger partial charge in [-0.3, -0.25) is 20.8 Å². The monoisotopic (exact) mass is 636 g/mol. The zero-order valence-electron chi connectivity index (χ0n) is 17.9. The van der Waals surface area contributed by atoms with Crippen molar-refractivity contribution in [3.8, 4) is 0 Å². The third kappa shape index (κ3) is 14.2. The van der Waals surface area contributed by atoms with Gasteiger partial charge in [-0.05, 0) is 43.2 Å². The van der Waals surface area contributed by atoms with Crippen molar-refractivity contribution in [2.75, 3.05) is 0 Å². The largest absolute Gasteiger partial charge is 0.705 e. The SMILES string of the molecule is O[n+]1ccccc1[S-].O[n+]1ccccc1[S-].O[n+]1ccccc1[S-].O[n+]1ccccc1[S-].[Zn].[Zn]. The van der Waals surface area contributed by atoms with Crippen molar-refractivity contribution in [3.63, 3.8) is 0 Å². The first-order chi connectivity index (χ1) is 15.2. The second kappa shape index (κ2) is 19.3. The van der Waals surface area contributed by atoms with E-state index >= 15 is 0 Å². The molecule has 4 N–H and O–H groups in total. The van der Waals surface area contributed by atoms with E-state index in [0.717, 1.165) is 18.9 Å². The van der Waals surface area contributed by atoms with E-state index in [2.05, 4.69) is 50.5 Å². The third-order valence-corrected chi connectivity index (χ3v) is 4.50. The molecular formula is C20H20N4O4S4Zn2. The van der Waals surface area contributed by atoms with Crippen LogP contribution in [0.1, 0.15) is 0 Å². The molecule has 0 fully saturated rings. The Morgan fingerprint density at radius 2 is 0.559 bits per heavy atom. The Morgan fingerprint density at radius 1 is 0.382 bits per heavy atom. The molecule has 0 amide bonds. The number of hydrogen-bond acceptors (Lipinski definition) is 8. The molecule has 0 aliphatic carbocycles. The smallest absolute Gasteiger partial charge is 0.220 e. The molecule has 172 valence electrons. The predicted octanol–water partition coefficient (Wildman–Crippen LogP) is 0.464. The van der Waals surface area contributed by atoms with Crippen molar-refractivity contribution in [3.05, 3.63) is 97.6 Å². The molecule has 0 unspecified atom stereocenters. The number of pyridine rings is 4. The maximum absolute atomic E-state index is 8.73. The van der Waals surface area contributed by atoms with E-state index < -0.39 is 0 Å². The number of aromatic nitrogens is 4. The molecule has 4 heterocycles. The van der Waals surface area contributed by atoms with Crippen molar-refractivity contribution < 1.29 is 78.7 Å². The summed E-state index contributed by atoms with van der Waals surface area (Å²) in [5.41, 5.74) is 0. The molecule has 0 spiro atoms. The summed E-state index contributed by atoms with van der Waals surface area (Å²) in [4.78, 5) is 0. The number of nitrogens with zero attached hydrogens (tertiary/aromatic N) is 4. The summed E-state index contributed by atoms with van der Waals surface area (Å²) in [5, 5.41) is 36.6. The van der Waals surface area contributed by atoms with Crippen LogP contribution < -0.4 is 18.9 Å². The molecule has 0 bridgehead atoms. The van der Waals surface area contributed by atoms with Crippen molar-refractivity contribution in [2.24, 2.45) is 0 Å². The minimum absolute atomic E-state index is 0. The van der Waals surface area contributed by atoms with Crippen LogP contribution in [0.15, 0.2) is 118 Å². The molecule has 14 heteroatoms. The van der Waals surface area contributed by atoms with Gasteiger partial charge in [0.15, 0.2) is 0 Å². The standard InChI is InChI=1S/4C5H5NOS.2Zn/c4*7-6-4-2-1-3-5(6)8;;/h4*1-4,7H;;. The average Bonchev–Trinajstić information content (AvgIpc) is 2.78. The van der Waals surface area contributed by atoms with Gasteiger partial charge >= 0.3 is 0 Å². The normalized spacial score (nSPS) is 8.47. The minimum atomic E-state index is 0. The third-order valence-electron chi connectivity index (χ3n) is 3.21. The second-order valence-electron chi connectivity index (χ2n) is 5.53. The summed E-state index contributed by atoms with van der Waals surface area (Å²) in [6, 6.07) is 20.5. The van der Waals surface area contributed by atoms with Crippen molar-refractivity contribution >= 4 is 50.5 Å². The van der Waals surface area contributed by atoms with Gasteiger partial charge in [-0.2, -0.15) is 0 Å². The molecule has 8 nitrogen and oxygen atoms in total. The van der Waals surface area contributed by atoms with Crippen molar-refractivity contribution in [1.82, 2.24) is 0 Å². The van der Waals surface area contributed by atoms with Crippen LogP contribution in [0.3, 0.4) is 0 Å². The van der Waals surface area contributed by atoms with Crippen LogP contribution in [0.2, 0.25) is 0 Å².